The maximum atomic E-state index is 11.8. The van der Waals surface area contributed by atoms with E-state index in [4.69, 9.17) is 9.47 Å². The van der Waals surface area contributed by atoms with Crippen LogP contribution in [-0.4, -0.2) is 19.1 Å². The first-order valence-corrected chi connectivity index (χ1v) is 9.61. The van der Waals surface area contributed by atoms with Crippen molar-refractivity contribution in [3.8, 4) is 11.5 Å². The van der Waals surface area contributed by atoms with Gasteiger partial charge in [0.25, 0.3) is 5.69 Å². The van der Waals surface area contributed by atoms with Crippen LogP contribution in [0, 0.1) is 24.0 Å². The highest BCUT2D eigenvalue weighted by atomic mass is 32.1. The molecule has 3 aromatic rings. The molecule has 2 heterocycles. The fourth-order valence-corrected chi connectivity index (χ4v) is 5.04. The third-order valence-corrected chi connectivity index (χ3v) is 6.26. The minimum absolute atomic E-state index is 0.0322. The summed E-state index contributed by atoms with van der Waals surface area (Å²) < 4.78 is 10.7. The van der Waals surface area contributed by atoms with Crippen molar-refractivity contribution < 1.29 is 14.4 Å². The molecule has 0 spiro atoms. The van der Waals surface area contributed by atoms with Gasteiger partial charge >= 0.3 is 0 Å². The van der Waals surface area contributed by atoms with E-state index in [1.54, 1.807) is 28.7 Å². The zero-order chi connectivity index (χ0) is 18.8. The number of nitrogens with zero attached hydrogens (tertiary/aromatic N) is 1. The summed E-state index contributed by atoms with van der Waals surface area (Å²) in [5.41, 5.74) is 0.640. The number of hydrogen-bond donors (Lipinski definition) is 0. The van der Waals surface area contributed by atoms with E-state index in [2.05, 4.69) is 0 Å². The molecule has 0 aliphatic heterocycles. The molecule has 0 saturated heterocycles. The number of thiophene rings is 2. The molecule has 2 aromatic heterocycles. The van der Waals surface area contributed by atoms with Crippen molar-refractivity contribution in [2.24, 2.45) is 0 Å². The van der Waals surface area contributed by atoms with E-state index in [-0.39, 0.29) is 16.5 Å². The molecule has 0 aliphatic rings. The van der Waals surface area contributed by atoms with Gasteiger partial charge in [-0.15, -0.1) is 22.7 Å². The van der Waals surface area contributed by atoms with Gasteiger partial charge in [-0.3, -0.25) is 10.1 Å². The lowest BCUT2D eigenvalue weighted by molar-refractivity contribution is -0.385. The molecular weight excluding hydrogens is 370 g/mol. The minimum atomic E-state index is -0.356. The van der Waals surface area contributed by atoms with Gasteiger partial charge in [-0.2, -0.15) is 0 Å². The maximum Gasteiger partial charge on any atom is 0.277 e. The van der Waals surface area contributed by atoms with Crippen LogP contribution < -0.4 is 9.47 Å². The Balaban J connectivity index is 2.28. The molecule has 0 fully saturated rings. The van der Waals surface area contributed by atoms with Crippen LogP contribution in [-0.2, 0) is 0 Å². The standard InChI is InChI=1S/C19H19NO4S2/c1-11-5-7-17(25-11)19(18-8-6-12(2)26-18)13-9-15(23-3)16(24-4)10-14(13)20(21)22/h5-10,19H,1-4H3. The monoisotopic (exact) mass is 389 g/mol. The van der Waals surface area contributed by atoms with E-state index in [1.165, 1.54) is 30.0 Å². The molecule has 7 heteroatoms. The molecule has 26 heavy (non-hydrogen) atoms. The number of nitro groups is 1. The predicted octanol–water partition coefficient (Wildman–Crippen LogP) is 5.53. The molecule has 0 amide bonds. The van der Waals surface area contributed by atoms with E-state index in [1.807, 2.05) is 38.1 Å². The van der Waals surface area contributed by atoms with E-state index in [0.29, 0.717) is 17.1 Å². The summed E-state index contributed by atoms with van der Waals surface area (Å²) in [6.07, 6.45) is 0. The van der Waals surface area contributed by atoms with Crippen LogP contribution in [0.25, 0.3) is 0 Å². The molecule has 0 atom stereocenters. The summed E-state index contributed by atoms with van der Waals surface area (Å²) >= 11 is 3.30. The Morgan fingerprint density at radius 1 is 0.923 bits per heavy atom. The molecule has 136 valence electrons. The summed E-state index contributed by atoms with van der Waals surface area (Å²) in [6.45, 7) is 4.07. The number of aryl methyl sites for hydroxylation is 2. The number of methoxy groups -OCH3 is 2. The summed E-state index contributed by atoms with van der Waals surface area (Å²) in [7, 11) is 3.01. The Bertz CT molecular complexity index is 905. The van der Waals surface area contributed by atoms with E-state index in [0.717, 1.165) is 9.75 Å². The molecule has 1 aromatic carbocycles. The average Bonchev–Trinajstić information content (AvgIpc) is 3.23. The van der Waals surface area contributed by atoms with Crippen molar-refractivity contribution in [2.45, 2.75) is 19.8 Å². The summed E-state index contributed by atoms with van der Waals surface area (Å²) in [5, 5.41) is 11.8. The van der Waals surface area contributed by atoms with Gasteiger partial charge in [0.05, 0.1) is 31.1 Å². The van der Waals surface area contributed by atoms with Crippen LogP contribution in [0.1, 0.15) is 31.0 Å². The lowest BCUT2D eigenvalue weighted by Gasteiger charge is -2.17. The molecule has 3 rings (SSSR count). The Labute approximate surface area is 160 Å². The van der Waals surface area contributed by atoms with Gasteiger partial charge in [-0.05, 0) is 44.2 Å². The molecule has 0 unspecified atom stereocenters. The first-order valence-electron chi connectivity index (χ1n) is 7.97. The highest BCUT2D eigenvalue weighted by Gasteiger charge is 2.30. The van der Waals surface area contributed by atoms with Gasteiger partial charge in [0.2, 0.25) is 0 Å². The third kappa shape index (κ3) is 3.45. The molecule has 5 nitrogen and oxygen atoms in total. The zero-order valence-electron chi connectivity index (χ0n) is 14.9. The number of hydrogen-bond acceptors (Lipinski definition) is 6. The first kappa shape index (κ1) is 18.4. The second-order valence-corrected chi connectivity index (χ2v) is 8.49. The van der Waals surface area contributed by atoms with Crippen LogP contribution in [0.15, 0.2) is 36.4 Å². The highest BCUT2D eigenvalue weighted by molar-refractivity contribution is 7.13. The third-order valence-electron chi connectivity index (χ3n) is 4.13. The van der Waals surface area contributed by atoms with Gasteiger partial charge < -0.3 is 9.47 Å². The quantitative estimate of drug-likeness (QED) is 0.411. The van der Waals surface area contributed by atoms with Crippen molar-refractivity contribution in [2.75, 3.05) is 14.2 Å². The van der Waals surface area contributed by atoms with E-state index in [9.17, 15) is 10.1 Å². The molecule has 0 saturated carbocycles. The van der Waals surface area contributed by atoms with Crippen molar-refractivity contribution >= 4 is 28.4 Å². The smallest absolute Gasteiger partial charge is 0.277 e. The highest BCUT2D eigenvalue weighted by Crippen LogP contribution is 2.45. The predicted molar refractivity (Wildman–Crippen MR) is 105 cm³/mol. The molecular formula is C19H19NO4S2. The van der Waals surface area contributed by atoms with Crippen molar-refractivity contribution in [1.29, 1.82) is 0 Å². The van der Waals surface area contributed by atoms with E-state index >= 15 is 0 Å². The average molecular weight is 389 g/mol. The molecule has 0 N–H and O–H groups in total. The fraction of sp³-hybridized carbons (Fsp3) is 0.263. The van der Waals surface area contributed by atoms with Gasteiger partial charge in [-0.1, -0.05) is 0 Å². The lowest BCUT2D eigenvalue weighted by atomic mass is 9.93. The minimum Gasteiger partial charge on any atom is -0.493 e. The number of benzene rings is 1. The number of ether oxygens (including phenoxy) is 2. The Morgan fingerprint density at radius 2 is 1.42 bits per heavy atom. The second kappa shape index (κ2) is 7.47. The summed E-state index contributed by atoms with van der Waals surface area (Å²) in [5.74, 6) is 0.624. The lowest BCUT2D eigenvalue weighted by Crippen LogP contribution is -2.05. The van der Waals surface area contributed by atoms with E-state index < -0.39 is 0 Å². The maximum absolute atomic E-state index is 11.8. The largest absolute Gasteiger partial charge is 0.493 e. The topological polar surface area (TPSA) is 61.6 Å². The number of rotatable bonds is 6. The van der Waals surface area contributed by atoms with Crippen molar-refractivity contribution in [3.05, 3.63) is 71.6 Å². The Kier molecular flexibility index (Phi) is 5.29. The van der Waals surface area contributed by atoms with Crippen LogP contribution in [0.5, 0.6) is 11.5 Å². The van der Waals surface area contributed by atoms with Gasteiger partial charge in [0.1, 0.15) is 0 Å². The Morgan fingerprint density at radius 3 is 1.81 bits per heavy atom. The van der Waals surface area contributed by atoms with Crippen molar-refractivity contribution in [3.63, 3.8) is 0 Å². The van der Waals surface area contributed by atoms with Crippen LogP contribution in [0.2, 0.25) is 0 Å². The normalized spacial score (nSPS) is 11.0. The first-order chi connectivity index (χ1) is 12.4. The second-order valence-electron chi connectivity index (χ2n) is 5.85. The van der Waals surface area contributed by atoms with Gasteiger partial charge in [0.15, 0.2) is 11.5 Å². The Hall–Kier alpha value is -2.38. The fourth-order valence-electron chi connectivity index (χ4n) is 2.94. The molecule has 0 aliphatic carbocycles. The van der Waals surface area contributed by atoms with Crippen molar-refractivity contribution in [1.82, 2.24) is 0 Å². The van der Waals surface area contributed by atoms with Gasteiger partial charge in [-0.25, -0.2) is 0 Å². The van der Waals surface area contributed by atoms with Gasteiger partial charge in [0, 0.05) is 25.1 Å². The molecule has 0 bridgehead atoms. The van der Waals surface area contributed by atoms with Crippen LogP contribution in [0.4, 0.5) is 5.69 Å². The van der Waals surface area contributed by atoms with Crippen LogP contribution >= 0.6 is 22.7 Å². The zero-order valence-corrected chi connectivity index (χ0v) is 16.6. The molecule has 0 radical (unpaired) electrons. The summed E-state index contributed by atoms with van der Waals surface area (Å²) in [6, 6.07) is 11.3. The van der Waals surface area contributed by atoms with Crippen LogP contribution in [0.3, 0.4) is 0 Å². The summed E-state index contributed by atoms with van der Waals surface area (Å²) in [4.78, 5) is 15.9. The number of nitro benzene ring substituents is 1. The SMILES string of the molecule is COc1cc(C(c2ccc(C)s2)c2ccc(C)s2)c([N+](=O)[O-])cc1OC.